The van der Waals surface area contributed by atoms with Crippen LogP contribution in [0.15, 0.2) is 24.3 Å². The number of hydrogen-bond acceptors (Lipinski definition) is 4. The van der Waals surface area contributed by atoms with Crippen LogP contribution in [0.1, 0.15) is 124 Å². The van der Waals surface area contributed by atoms with E-state index in [1.165, 1.54) is 77.4 Å². The summed E-state index contributed by atoms with van der Waals surface area (Å²) in [5, 5.41) is 9.83. The van der Waals surface area contributed by atoms with Crippen LogP contribution < -0.4 is 4.74 Å². The van der Waals surface area contributed by atoms with E-state index >= 15 is 0 Å². The first-order valence-electron chi connectivity index (χ1n) is 17.8. The highest BCUT2D eigenvalue weighted by Crippen LogP contribution is 2.68. The van der Waals surface area contributed by atoms with Gasteiger partial charge in [-0.15, -0.1) is 0 Å². The second-order valence-electron chi connectivity index (χ2n) is 16.0. The minimum atomic E-state index is -0.271. The number of fused-ring (bicyclic) bond motifs is 5. The Morgan fingerprint density at radius 1 is 1.00 bits per heavy atom. The van der Waals surface area contributed by atoms with Gasteiger partial charge in [-0.2, -0.15) is 0 Å². The Bertz CT molecular complexity index is 1140. The third kappa shape index (κ3) is 6.41. The largest absolute Gasteiger partial charge is 0.504 e. The number of carbonyl (C=O) groups is 1. The molecule has 1 aromatic carbocycles. The summed E-state index contributed by atoms with van der Waals surface area (Å²) < 4.78 is 11.2. The van der Waals surface area contributed by atoms with Crippen LogP contribution in [-0.4, -0.2) is 24.3 Å². The van der Waals surface area contributed by atoms with E-state index in [1.54, 1.807) is 24.3 Å². The fraction of sp³-hybridized carbons (Fsp3) is 0.769. The number of benzene rings is 1. The van der Waals surface area contributed by atoms with Gasteiger partial charge < -0.3 is 14.6 Å². The summed E-state index contributed by atoms with van der Waals surface area (Å²) in [5.74, 6) is 6.95. The lowest BCUT2D eigenvalue weighted by molar-refractivity contribution is -0.157. The number of ether oxygens (including phenoxy) is 2. The minimum absolute atomic E-state index is 0.0180. The average Bonchev–Trinajstić information content (AvgIpc) is 3.34. The van der Waals surface area contributed by atoms with Gasteiger partial charge in [-0.3, -0.25) is 0 Å². The first-order valence-corrected chi connectivity index (χ1v) is 17.8. The van der Waals surface area contributed by atoms with Crippen LogP contribution in [-0.2, 0) is 9.53 Å². The summed E-state index contributed by atoms with van der Waals surface area (Å²) in [5.41, 5.74) is 1.72. The predicted molar refractivity (Wildman–Crippen MR) is 176 cm³/mol. The van der Waals surface area contributed by atoms with Crippen molar-refractivity contribution in [3.63, 3.8) is 0 Å². The molecule has 10 atom stereocenters. The van der Waals surface area contributed by atoms with Gasteiger partial charge >= 0.3 is 5.97 Å². The summed E-state index contributed by atoms with van der Waals surface area (Å²) in [7, 11) is 1.52. The molecule has 4 saturated carbocycles. The van der Waals surface area contributed by atoms with Gasteiger partial charge in [-0.25, -0.2) is 4.79 Å². The van der Waals surface area contributed by atoms with Crippen LogP contribution >= 0.6 is 0 Å². The molecule has 1 aromatic rings. The molecule has 1 N–H and O–H groups in total. The molecule has 0 amide bonds. The van der Waals surface area contributed by atoms with E-state index in [2.05, 4.69) is 41.5 Å². The SMILES string of the molecule is CC[C@@H](CC[C@H](C)[C@@H]1CC[C@@H]2[C@@H]3CC[C@@H]4C[C@@H](OC(=O)C=Cc5ccc(O)c(OC)c5)CC[C@]4(C)[C@@H]3CC[C@@]21C)C(C)C. The lowest BCUT2D eigenvalue weighted by atomic mass is 9.44. The van der Waals surface area contributed by atoms with Gasteiger partial charge in [0.15, 0.2) is 11.5 Å². The smallest absolute Gasteiger partial charge is 0.331 e. The molecular formula is C39H60O4. The van der Waals surface area contributed by atoms with Crippen LogP contribution in [0.4, 0.5) is 0 Å². The summed E-state index contributed by atoms with van der Waals surface area (Å²) in [4.78, 5) is 12.8. The van der Waals surface area contributed by atoms with Crippen molar-refractivity contribution in [2.45, 2.75) is 125 Å². The molecule has 0 spiro atoms. The maximum atomic E-state index is 12.8. The highest BCUT2D eigenvalue weighted by atomic mass is 16.5. The zero-order chi connectivity index (χ0) is 30.9. The Morgan fingerprint density at radius 3 is 2.47 bits per heavy atom. The van der Waals surface area contributed by atoms with E-state index in [4.69, 9.17) is 9.47 Å². The number of carbonyl (C=O) groups excluding carboxylic acids is 1. The number of phenols is 1. The lowest BCUT2D eigenvalue weighted by Crippen LogP contribution is -2.54. The second-order valence-corrected chi connectivity index (χ2v) is 16.0. The van der Waals surface area contributed by atoms with Crippen molar-refractivity contribution >= 4 is 12.0 Å². The highest BCUT2D eigenvalue weighted by Gasteiger charge is 2.60. The number of rotatable bonds is 10. The van der Waals surface area contributed by atoms with Gasteiger partial charge in [0, 0.05) is 6.08 Å². The topological polar surface area (TPSA) is 55.8 Å². The number of phenolic OH excluding ortho intramolecular Hbond substituents is 1. The van der Waals surface area contributed by atoms with E-state index in [0.29, 0.717) is 22.5 Å². The van der Waals surface area contributed by atoms with Crippen LogP contribution in [0.2, 0.25) is 0 Å². The summed E-state index contributed by atoms with van der Waals surface area (Å²) in [6, 6.07) is 5.07. The van der Waals surface area contributed by atoms with Gasteiger partial charge in [0.2, 0.25) is 0 Å². The summed E-state index contributed by atoms with van der Waals surface area (Å²) in [6.07, 6.45) is 19.0. The van der Waals surface area contributed by atoms with Crippen molar-refractivity contribution in [3.05, 3.63) is 29.8 Å². The summed E-state index contributed by atoms with van der Waals surface area (Å²) in [6.45, 7) is 15.1. The lowest BCUT2D eigenvalue weighted by Gasteiger charge is -2.61. The van der Waals surface area contributed by atoms with Crippen LogP contribution in [0.25, 0.3) is 6.08 Å². The molecule has 0 aliphatic heterocycles. The number of methoxy groups -OCH3 is 1. The zero-order valence-electron chi connectivity index (χ0n) is 28.2. The predicted octanol–water partition coefficient (Wildman–Crippen LogP) is 10.1. The maximum Gasteiger partial charge on any atom is 0.331 e. The highest BCUT2D eigenvalue weighted by molar-refractivity contribution is 5.87. The van der Waals surface area contributed by atoms with Crippen LogP contribution in [0, 0.1) is 58.2 Å². The van der Waals surface area contributed by atoms with Gasteiger partial charge in [0.1, 0.15) is 6.10 Å². The zero-order valence-corrected chi connectivity index (χ0v) is 28.2. The fourth-order valence-corrected chi connectivity index (χ4v) is 11.2. The molecule has 0 bridgehead atoms. The van der Waals surface area contributed by atoms with Crippen molar-refractivity contribution in [2.24, 2.45) is 58.2 Å². The normalized spacial score (nSPS) is 36.9. The van der Waals surface area contributed by atoms with Gasteiger partial charge in [-0.1, -0.05) is 60.5 Å². The van der Waals surface area contributed by atoms with Gasteiger partial charge in [0.05, 0.1) is 7.11 Å². The Balaban J connectivity index is 1.17. The van der Waals surface area contributed by atoms with E-state index < -0.39 is 0 Å². The monoisotopic (exact) mass is 592 g/mol. The molecular weight excluding hydrogens is 532 g/mol. The first-order chi connectivity index (χ1) is 20.5. The molecule has 4 aliphatic rings. The van der Waals surface area contributed by atoms with E-state index in [-0.39, 0.29) is 17.8 Å². The molecule has 4 nitrogen and oxygen atoms in total. The number of aromatic hydroxyl groups is 1. The van der Waals surface area contributed by atoms with E-state index in [1.807, 2.05) is 0 Å². The number of esters is 1. The Hall–Kier alpha value is -1.97. The van der Waals surface area contributed by atoms with Gasteiger partial charge in [-0.05, 0) is 146 Å². The van der Waals surface area contributed by atoms with Crippen LogP contribution in [0.5, 0.6) is 11.5 Å². The van der Waals surface area contributed by atoms with Crippen molar-refractivity contribution < 1.29 is 19.4 Å². The van der Waals surface area contributed by atoms with Crippen molar-refractivity contribution in [2.75, 3.05) is 7.11 Å². The van der Waals surface area contributed by atoms with Crippen LogP contribution in [0.3, 0.4) is 0 Å². The Labute approximate surface area is 262 Å². The third-order valence-electron chi connectivity index (χ3n) is 13.7. The third-order valence-corrected chi connectivity index (χ3v) is 13.7. The molecule has 240 valence electrons. The quantitative estimate of drug-likeness (QED) is 0.217. The van der Waals surface area contributed by atoms with E-state index in [9.17, 15) is 9.90 Å². The minimum Gasteiger partial charge on any atom is -0.504 e. The first kappa shape index (κ1) is 32.4. The second kappa shape index (κ2) is 13.2. The standard InChI is InChI=1S/C39H60O4/c1-8-28(25(2)3)12-9-26(4)32-15-16-33-31-14-13-29-24-30(19-21-38(29,5)34(31)20-22-39(32,33)6)43-37(41)18-11-27-10-17-35(40)36(23-27)42-7/h10-11,17-18,23,25-26,28-34,40H,8-9,12-16,19-22,24H2,1-7H3/t26-,28-,29+,30-,31-,32-,33+,34+,38-,39+/m0/s1. The molecule has 4 heteroatoms. The molecule has 0 radical (unpaired) electrons. The van der Waals surface area contributed by atoms with Crippen molar-refractivity contribution in [3.8, 4) is 11.5 Å². The molecule has 4 aliphatic carbocycles. The molecule has 5 rings (SSSR count). The summed E-state index contributed by atoms with van der Waals surface area (Å²) >= 11 is 0. The van der Waals surface area contributed by atoms with Gasteiger partial charge in [0.25, 0.3) is 0 Å². The Morgan fingerprint density at radius 2 is 1.74 bits per heavy atom. The number of hydrogen-bond donors (Lipinski definition) is 1. The maximum absolute atomic E-state index is 12.8. The molecule has 0 saturated heterocycles. The molecule has 4 fully saturated rings. The average molecular weight is 593 g/mol. The molecule has 43 heavy (non-hydrogen) atoms. The van der Waals surface area contributed by atoms with Crippen molar-refractivity contribution in [1.82, 2.24) is 0 Å². The van der Waals surface area contributed by atoms with E-state index in [0.717, 1.165) is 59.8 Å². The Kier molecular flexibility index (Phi) is 9.94. The fourth-order valence-electron chi connectivity index (χ4n) is 11.2. The molecule has 0 aromatic heterocycles. The molecule has 0 heterocycles. The molecule has 0 unspecified atom stereocenters. The van der Waals surface area contributed by atoms with Crippen molar-refractivity contribution in [1.29, 1.82) is 0 Å².